The van der Waals surface area contributed by atoms with Crippen LogP contribution in [0.25, 0.3) is 0 Å². The van der Waals surface area contributed by atoms with Crippen molar-refractivity contribution < 1.29 is 4.74 Å². The van der Waals surface area contributed by atoms with Gasteiger partial charge in [-0.25, -0.2) is 9.97 Å². The van der Waals surface area contributed by atoms with Gasteiger partial charge in [0.2, 0.25) is 0 Å². The largest absolute Gasteiger partial charge is 0.491 e. The SMILES string of the molecule is COc1cncnc1NCC=C(C)C. The topological polar surface area (TPSA) is 47.0 Å². The second-order valence-corrected chi connectivity index (χ2v) is 3.10. The van der Waals surface area contributed by atoms with Crippen LogP contribution in [0, 0.1) is 0 Å². The number of nitrogens with zero attached hydrogens (tertiary/aromatic N) is 2. The van der Waals surface area contributed by atoms with Gasteiger partial charge in [-0.3, -0.25) is 0 Å². The van der Waals surface area contributed by atoms with Gasteiger partial charge in [-0.05, 0) is 13.8 Å². The summed E-state index contributed by atoms with van der Waals surface area (Å²) in [5, 5.41) is 3.14. The lowest BCUT2D eigenvalue weighted by molar-refractivity contribution is 0.413. The molecule has 1 rings (SSSR count). The first kappa shape index (κ1) is 10.5. The lowest BCUT2D eigenvalue weighted by Crippen LogP contribution is -2.03. The molecule has 76 valence electrons. The summed E-state index contributed by atoms with van der Waals surface area (Å²) in [6, 6.07) is 0. The molecule has 4 nitrogen and oxygen atoms in total. The summed E-state index contributed by atoms with van der Waals surface area (Å²) in [6.45, 7) is 4.85. The highest BCUT2D eigenvalue weighted by molar-refractivity contribution is 5.48. The van der Waals surface area contributed by atoms with Crippen LogP contribution in [0.15, 0.2) is 24.2 Å². The highest BCUT2D eigenvalue weighted by atomic mass is 16.5. The van der Waals surface area contributed by atoms with Gasteiger partial charge < -0.3 is 10.1 Å². The molecule has 0 aromatic carbocycles. The van der Waals surface area contributed by atoms with Crippen LogP contribution in [0.1, 0.15) is 13.8 Å². The first-order valence-corrected chi connectivity index (χ1v) is 4.45. The Bertz CT molecular complexity index is 319. The van der Waals surface area contributed by atoms with Gasteiger partial charge in [0, 0.05) is 6.54 Å². The highest BCUT2D eigenvalue weighted by Crippen LogP contribution is 2.17. The van der Waals surface area contributed by atoms with Gasteiger partial charge in [0.1, 0.15) is 6.33 Å². The zero-order valence-corrected chi connectivity index (χ0v) is 8.74. The molecule has 1 heterocycles. The van der Waals surface area contributed by atoms with Gasteiger partial charge in [-0.1, -0.05) is 11.6 Å². The van der Waals surface area contributed by atoms with E-state index in [0.29, 0.717) is 5.75 Å². The third kappa shape index (κ3) is 3.05. The molecule has 0 fully saturated rings. The first-order valence-electron chi connectivity index (χ1n) is 4.45. The minimum absolute atomic E-state index is 0.662. The number of ether oxygens (including phenoxy) is 1. The van der Waals surface area contributed by atoms with Gasteiger partial charge in [0.15, 0.2) is 11.6 Å². The monoisotopic (exact) mass is 193 g/mol. The molecule has 1 aromatic heterocycles. The van der Waals surface area contributed by atoms with Crippen molar-refractivity contribution in [3.63, 3.8) is 0 Å². The number of hydrogen-bond donors (Lipinski definition) is 1. The van der Waals surface area contributed by atoms with E-state index in [1.807, 2.05) is 0 Å². The van der Waals surface area contributed by atoms with Crippen LogP contribution < -0.4 is 10.1 Å². The van der Waals surface area contributed by atoms with Crippen LogP contribution >= 0.6 is 0 Å². The number of aromatic nitrogens is 2. The summed E-state index contributed by atoms with van der Waals surface area (Å²) < 4.78 is 5.09. The van der Waals surface area contributed by atoms with E-state index < -0.39 is 0 Å². The Morgan fingerprint density at radius 3 is 3.00 bits per heavy atom. The lowest BCUT2D eigenvalue weighted by atomic mass is 10.3. The van der Waals surface area contributed by atoms with Gasteiger partial charge in [0.05, 0.1) is 13.3 Å². The molecule has 4 heteroatoms. The number of allylic oxidation sites excluding steroid dienone is 1. The standard InChI is InChI=1S/C10H15N3O/c1-8(2)4-5-12-10-9(14-3)6-11-7-13-10/h4,6-7H,5H2,1-3H3,(H,11,12,13). The molecule has 0 aliphatic heterocycles. The van der Waals surface area contributed by atoms with E-state index in [-0.39, 0.29) is 0 Å². The second-order valence-electron chi connectivity index (χ2n) is 3.10. The summed E-state index contributed by atoms with van der Waals surface area (Å²) in [4.78, 5) is 7.94. The van der Waals surface area contributed by atoms with Gasteiger partial charge in [-0.15, -0.1) is 0 Å². The Morgan fingerprint density at radius 2 is 2.36 bits per heavy atom. The molecule has 0 aliphatic carbocycles. The van der Waals surface area contributed by atoms with E-state index in [2.05, 4.69) is 35.2 Å². The second kappa shape index (κ2) is 5.21. The molecular weight excluding hydrogens is 178 g/mol. The lowest BCUT2D eigenvalue weighted by Gasteiger charge is -2.06. The Morgan fingerprint density at radius 1 is 1.57 bits per heavy atom. The molecule has 1 aromatic rings. The van der Waals surface area contributed by atoms with Gasteiger partial charge >= 0.3 is 0 Å². The Labute approximate surface area is 84.0 Å². The molecule has 0 saturated heterocycles. The fourth-order valence-corrected chi connectivity index (χ4v) is 0.951. The minimum atomic E-state index is 0.662. The van der Waals surface area contributed by atoms with Gasteiger partial charge in [0.25, 0.3) is 0 Å². The molecule has 14 heavy (non-hydrogen) atoms. The van der Waals surface area contributed by atoms with Crippen LogP contribution in [0.3, 0.4) is 0 Å². The Balaban J connectivity index is 2.62. The van der Waals surface area contributed by atoms with Crippen LogP contribution in [-0.4, -0.2) is 23.6 Å². The van der Waals surface area contributed by atoms with Crippen LogP contribution in [0.4, 0.5) is 5.82 Å². The van der Waals surface area contributed by atoms with Crippen molar-refractivity contribution in [2.75, 3.05) is 19.0 Å². The van der Waals surface area contributed by atoms with Gasteiger partial charge in [-0.2, -0.15) is 0 Å². The number of anilines is 1. The summed E-state index contributed by atoms with van der Waals surface area (Å²) in [5.41, 5.74) is 1.27. The van der Waals surface area contributed by atoms with E-state index in [0.717, 1.165) is 12.4 Å². The minimum Gasteiger partial charge on any atom is -0.491 e. The molecule has 0 saturated carbocycles. The molecule has 0 unspecified atom stereocenters. The van der Waals surface area contributed by atoms with Crippen molar-refractivity contribution >= 4 is 5.82 Å². The van der Waals surface area contributed by atoms with Crippen molar-refractivity contribution in [3.8, 4) is 5.75 Å². The fourth-order valence-electron chi connectivity index (χ4n) is 0.951. The molecule has 0 aliphatic rings. The van der Waals surface area contributed by atoms with E-state index in [1.165, 1.54) is 11.9 Å². The maximum absolute atomic E-state index is 5.09. The normalized spacial score (nSPS) is 9.36. The predicted molar refractivity (Wildman–Crippen MR) is 56.5 cm³/mol. The van der Waals surface area contributed by atoms with Crippen molar-refractivity contribution in [2.24, 2.45) is 0 Å². The van der Waals surface area contributed by atoms with Crippen LogP contribution in [-0.2, 0) is 0 Å². The summed E-state index contributed by atoms with van der Waals surface area (Å²) in [6.07, 6.45) is 5.22. The summed E-state index contributed by atoms with van der Waals surface area (Å²) in [7, 11) is 1.60. The zero-order chi connectivity index (χ0) is 10.4. The smallest absolute Gasteiger partial charge is 0.179 e. The predicted octanol–water partition coefficient (Wildman–Crippen LogP) is 1.86. The molecule has 0 radical (unpaired) electrons. The summed E-state index contributed by atoms with van der Waals surface area (Å²) >= 11 is 0. The van der Waals surface area contributed by atoms with E-state index in [9.17, 15) is 0 Å². The average Bonchev–Trinajstić information content (AvgIpc) is 2.18. The van der Waals surface area contributed by atoms with E-state index >= 15 is 0 Å². The molecule has 0 atom stereocenters. The molecule has 0 bridgehead atoms. The number of methoxy groups -OCH3 is 1. The van der Waals surface area contributed by atoms with Crippen molar-refractivity contribution in [1.82, 2.24) is 9.97 Å². The quantitative estimate of drug-likeness (QED) is 0.741. The van der Waals surface area contributed by atoms with E-state index in [1.54, 1.807) is 13.3 Å². The molecular formula is C10H15N3O. The Hall–Kier alpha value is -1.58. The van der Waals surface area contributed by atoms with Crippen LogP contribution in [0.5, 0.6) is 5.75 Å². The highest BCUT2D eigenvalue weighted by Gasteiger charge is 2.00. The third-order valence-corrected chi connectivity index (χ3v) is 1.68. The van der Waals surface area contributed by atoms with Crippen molar-refractivity contribution in [3.05, 3.63) is 24.2 Å². The number of nitrogens with one attached hydrogen (secondary N) is 1. The van der Waals surface area contributed by atoms with E-state index in [4.69, 9.17) is 4.74 Å². The molecule has 0 spiro atoms. The maximum Gasteiger partial charge on any atom is 0.179 e. The van der Waals surface area contributed by atoms with Crippen LogP contribution in [0.2, 0.25) is 0 Å². The third-order valence-electron chi connectivity index (χ3n) is 1.68. The van der Waals surface area contributed by atoms with Crippen molar-refractivity contribution in [1.29, 1.82) is 0 Å². The molecule has 0 amide bonds. The average molecular weight is 193 g/mol. The summed E-state index contributed by atoms with van der Waals surface area (Å²) in [5.74, 6) is 1.38. The number of hydrogen-bond acceptors (Lipinski definition) is 4. The molecule has 1 N–H and O–H groups in total. The first-order chi connectivity index (χ1) is 6.74. The maximum atomic E-state index is 5.09. The fraction of sp³-hybridized carbons (Fsp3) is 0.400. The Kier molecular flexibility index (Phi) is 3.91. The van der Waals surface area contributed by atoms with Crippen molar-refractivity contribution in [2.45, 2.75) is 13.8 Å². The zero-order valence-electron chi connectivity index (χ0n) is 8.74. The number of rotatable bonds is 4.